The van der Waals surface area contributed by atoms with Crippen molar-refractivity contribution in [3.05, 3.63) is 26.7 Å². The van der Waals surface area contributed by atoms with Gasteiger partial charge in [-0.05, 0) is 26.7 Å². The molecule has 0 aliphatic heterocycles. The van der Waals surface area contributed by atoms with Crippen LogP contribution in [0.15, 0.2) is 9.59 Å². The largest absolute Gasteiger partial charge is 0.332 e. The predicted molar refractivity (Wildman–Crippen MR) is 79.5 cm³/mol. The van der Waals surface area contributed by atoms with Gasteiger partial charge >= 0.3 is 5.69 Å². The minimum Gasteiger partial charge on any atom is -0.325 e. The summed E-state index contributed by atoms with van der Waals surface area (Å²) in [7, 11) is 3.37. The van der Waals surface area contributed by atoms with Crippen LogP contribution in [0, 0.1) is 6.92 Å². The fourth-order valence-corrected chi connectivity index (χ4v) is 2.39. The van der Waals surface area contributed by atoms with Crippen LogP contribution in [0.25, 0.3) is 11.2 Å². The van der Waals surface area contributed by atoms with Gasteiger partial charge in [-0.1, -0.05) is 0 Å². The number of aromatic nitrogens is 4. The van der Waals surface area contributed by atoms with Gasteiger partial charge in [-0.15, -0.1) is 0 Å². The van der Waals surface area contributed by atoms with E-state index in [2.05, 4.69) is 4.98 Å². The van der Waals surface area contributed by atoms with E-state index in [0.29, 0.717) is 42.8 Å². The molecule has 0 saturated heterocycles. The van der Waals surface area contributed by atoms with E-state index in [4.69, 9.17) is 0 Å². The van der Waals surface area contributed by atoms with E-state index in [-0.39, 0.29) is 17.0 Å². The molecule has 2 heterocycles. The summed E-state index contributed by atoms with van der Waals surface area (Å²) in [5.41, 5.74) is 0.151. The Balaban J connectivity index is 2.45. The number of rotatable bonds is 5. The molecular formula is C14H20N4O3. The highest BCUT2D eigenvalue weighted by Gasteiger charge is 2.16. The van der Waals surface area contributed by atoms with Gasteiger partial charge in [-0.3, -0.25) is 13.9 Å². The van der Waals surface area contributed by atoms with Crippen molar-refractivity contribution >= 4 is 16.9 Å². The van der Waals surface area contributed by atoms with Crippen LogP contribution in [0.5, 0.6) is 0 Å². The zero-order valence-corrected chi connectivity index (χ0v) is 12.8. The van der Waals surface area contributed by atoms with Gasteiger partial charge in [0.15, 0.2) is 11.2 Å². The first-order valence-corrected chi connectivity index (χ1v) is 6.97. The van der Waals surface area contributed by atoms with Crippen LogP contribution >= 0.6 is 0 Å². The van der Waals surface area contributed by atoms with Crippen molar-refractivity contribution in [2.75, 3.05) is 0 Å². The number of hydrogen-bond donors (Lipinski definition) is 0. The summed E-state index contributed by atoms with van der Waals surface area (Å²) in [6, 6.07) is 0. The lowest BCUT2D eigenvalue weighted by molar-refractivity contribution is -0.117. The van der Waals surface area contributed by atoms with Gasteiger partial charge in [0.25, 0.3) is 5.56 Å². The van der Waals surface area contributed by atoms with Crippen LogP contribution in [0.3, 0.4) is 0 Å². The summed E-state index contributed by atoms with van der Waals surface area (Å²) in [4.78, 5) is 39.9. The second kappa shape index (κ2) is 5.67. The topological polar surface area (TPSA) is 78.9 Å². The van der Waals surface area contributed by atoms with Crippen molar-refractivity contribution < 1.29 is 4.79 Å². The summed E-state index contributed by atoms with van der Waals surface area (Å²) in [5, 5.41) is 0. The monoisotopic (exact) mass is 292 g/mol. The van der Waals surface area contributed by atoms with E-state index >= 15 is 0 Å². The summed E-state index contributed by atoms with van der Waals surface area (Å²) in [6.45, 7) is 3.65. The summed E-state index contributed by atoms with van der Waals surface area (Å²) >= 11 is 0. The average molecular weight is 292 g/mol. The molecule has 2 aromatic heterocycles. The summed E-state index contributed by atoms with van der Waals surface area (Å²) in [5.74, 6) is 0.805. The van der Waals surface area contributed by atoms with Gasteiger partial charge in [-0.25, -0.2) is 9.78 Å². The standard InChI is InChI=1S/C14H20N4O3/c1-9(19)7-5-6-8-18-13(20)11-12(17(4)14(18)21)15-10(2)16(11)3/h5-8H2,1-4H3. The number of fused-ring (bicyclic) bond motifs is 1. The first-order valence-electron chi connectivity index (χ1n) is 6.97. The molecule has 0 aromatic carbocycles. The Morgan fingerprint density at radius 1 is 1.14 bits per heavy atom. The van der Waals surface area contributed by atoms with Gasteiger partial charge in [0.1, 0.15) is 11.6 Å². The van der Waals surface area contributed by atoms with E-state index in [1.54, 1.807) is 25.6 Å². The van der Waals surface area contributed by atoms with Crippen LogP contribution < -0.4 is 11.2 Å². The Morgan fingerprint density at radius 2 is 1.81 bits per heavy atom. The number of nitrogens with zero attached hydrogens (tertiary/aromatic N) is 4. The first-order chi connectivity index (χ1) is 9.84. The molecule has 0 aliphatic rings. The van der Waals surface area contributed by atoms with Gasteiger partial charge in [-0.2, -0.15) is 0 Å². The zero-order chi connectivity index (χ0) is 15.7. The highest BCUT2D eigenvalue weighted by molar-refractivity contribution is 5.75. The maximum Gasteiger partial charge on any atom is 0.332 e. The molecule has 114 valence electrons. The average Bonchev–Trinajstić information content (AvgIpc) is 2.71. The van der Waals surface area contributed by atoms with Crippen molar-refractivity contribution in [3.63, 3.8) is 0 Å². The molecule has 0 radical (unpaired) electrons. The predicted octanol–water partition coefficient (Wildman–Crippen LogP) is 0.501. The van der Waals surface area contributed by atoms with E-state index in [1.807, 2.05) is 0 Å². The van der Waals surface area contributed by atoms with Gasteiger partial charge in [0.05, 0.1) is 0 Å². The highest BCUT2D eigenvalue weighted by Crippen LogP contribution is 2.08. The molecule has 7 nitrogen and oxygen atoms in total. The van der Waals surface area contributed by atoms with E-state index < -0.39 is 0 Å². The Kier molecular flexibility index (Phi) is 4.11. The maximum atomic E-state index is 12.5. The van der Waals surface area contributed by atoms with Gasteiger partial charge < -0.3 is 9.36 Å². The van der Waals surface area contributed by atoms with Gasteiger partial charge in [0, 0.05) is 27.1 Å². The fraction of sp³-hybridized carbons (Fsp3) is 0.571. The maximum absolute atomic E-state index is 12.5. The molecular weight excluding hydrogens is 272 g/mol. The second-order valence-corrected chi connectivity index (χ2v) is 5.35. The normalized spacial score (nSPS) is 11.2. The fourth-order valence-electron chi connectivity index (χ4n) is 2.39. The SMILES string of the molecule is CC(=O)CCCCn1c(=O)c2c(nc(C)n2C)n(C)c1=O. The zero-order valence-electron chi connectivity index (χ0n) is 12.8. The lowest BCUT2D eigenvalue weighted by atomic mass is 10.2. The number of carbonyl (C=O) groups excluding carboxylic acids is 1. The Hall–Kier alpha value is -2.18. The second-order valence-electron chi connectivity index (χ2n) is 5.35. The lowest BCUT2D eigenvalue weighted by Gasteiger charge is -2.08. The third kappa shape index (κ3) is 2.68. The smallest absolute Gasteiger partial charge is 0.325 e. The van der Waals surface area contributed by atoms with E-state index in [9.17, 15) is 14.4 Å². The molecule has 0 N–H and O–H groups in total. The van der Waals surface area contributed by atoms with Crippen LogP contribution in [0.4, 0.5) is 0 Å². The van der Waals surface area contributed by atoms with Crippen molar-refractivity contribution in [1.82, 2.24) is 18.7 Å². The number of hydrogen-bond acceptors (Lipinski definition) is 4. The molecule has 0 atom stereocenters. The number of carbonyl (C=O) groups is 1. The number of imidazole rings is 1. The number of Topliss-reactive ketones (excluding diaryl/α,β-unsaturated/α-hetero) is 1. The Bertz CT molecular complexity index is 810. The van der Waals surface area contributed by atoms with Gasteiger partial charge in [0.2, 0.25) is 0 Å². The quantitative estimate of drug-likeness (QED) is 0.752. The van der Waals surface area contributed by atoms with Crippen LogP contribution in [-0.2, 0) is 25.4 Å². The molecule has 0 bridgehead atoms. The molecule has 0 unspecified atom stereocenters. The summed E-state index contributed by atoms with van der Waals surface area (Å²) in [6.07, 6.45) is 1.77. The minimum absolute atomic E-state index is 0.118. The molecule has 0 fully saturated rings. The molecule has 0 aliphatic carbocycles. The van der Waals surface area contributed by atoms with Crippen molar-refractivity contribution in [1.29, 1.82) is 0 Å². The van der Waals surface area contributed by atoms with Crippen LogP contribution in [0.2, 0.25) is 0 Å². The van der Waals surface area contributed by atoms with E-state index in [0.717, 1.165) is 0 Å². The molecule has 2 aromatic rings. The minimum atomic E-state index is -0.367. The first kappa shape index (κ1) is 15.2. The van der Waals surface area contributed by atoms with E-state index in [1.165, 1.54) is 16.1 Å². The highest BCUT2D eigenvalue weighted by atomic mass is 16.2. The molecule has 2 rings (SSSR count). The lowest BCUT2D eigenvalue weighted by Crippen LogP contribution is -2.39. The third-order valence-electron chi connectivity index (χ3n) is 3.74. The van der Waals surface area contributed by atoms with Crippen LogP contribution in [0.1, 0.15) is 32.0 Å². The summed E-state index contributed by atoms with van der Waals surface area (Å²) < 4.78 is 4.32. The van der Waals surface area contributed by atoms with Crippen molar-refractivity contribution in [2.24, 2.45) is 14.1 Å². The molecule has 0 saturated carbocycles. The van der Waals surface area contributed by atoms with Crippen molar-refractivity contribution in [2.45, 2.75) is 39.7 Å². The Labute approximate surface area is 121 Å². The Morgan fingerprint density at radius 3 is 2.43 bits per heavy atom. The molecule has 0 amide bonds. The number of aryl methyl sites for hydroxylation is 3. The number of ketones is 1. The molecule has 7 heteroatoms. The third-order valence-corrected chi connectivity index (χ3v) is 3.74. The van der Waals surface area contributed by atoms with Crippen LogP contribution in [-0.4, -0.2) is 24.5 Å². The number of unbranched alkanes of at least 4 members (excludes halogenated alkanes) is 1. The molecule has 0 spiro atoms. The van der Waals surface area contributed by atoms with Crippen molar-refractivity contribution in [3.8, 4) is 0 Å². The molecule has 21 heavy (non-hydrogen) atoms.